The number of nitrogens with two attached hydrogens (primary N) is 1. The summed E-state index contributed by atoms with van der Waals surface area (Å²) >= 11 is 3.47. The molecule has 1 aromatic heterocycles. The fraction of sp³-hybridized carbons (Fsp3) is 0.133. The summed E-state index contributed by atoms with van der Waals surface area (Å²) in [6.45, 7) is 0.568. The van der Waals surface area contributed by atoms with Crippen LogP contribution in [0.25, 0.3) is 11.0 Å². The molecule has 0 saturated carbocycles. The van der Waals surface area contributed by atoms with Crippen LogP contribution in [-0.4, -0.2) is 14.7 Å². The SMILES string of the molecule is Nc1ccc2c(c1)nc(CO)n2Cc1cccc(Br)c1. The topological polar surface area (TPSA) is 64.1 Å². The third-order valence-corrected chi connectivity index (χ3v) is 3.72. The number of imidazole rings is 1. The number of aromatic nitrogens is 2. The maximum absolute atomic E-state index is 9.50. The second-order valence-corrected chi connectivity index (χ2v) is 5.57. The standard InChI is InChI=1S/C15H14BrN3O/c16-11-3-1-2-10(6-11)8-19-14-5-4-12(17)7-13(14)18-15(19)9-20/h1-7,20H,8-9,17H2. The van der Waals surface area contributed by atoms with Crippen LogP contribution in [0.3, 0.4) is 0 Å². The third-order valence-electron chi connectivity index (χ3n) is 3.22. The Labute approximate surface area is 125 Å². The molecule has 0 fully saturated rings. The zero-order valence-electron chi connectivity index (χ0n) is 10.8. The predicted octanol–water partition coefficient (Wildman–Crippen LogP) is 2.92. The number of hydrogen-bond acceptors (Lipinski definition) is 3. The second kappa shape index (κ2) is 5.26. The molecule has 0 aliphatic carbocycles. The Morgan fingerprint density at radius 2 is 2.05 bits per heavy atom. The molecule has 0 saturated heterocycles. The second-order valence-electron chi connectivity index (χ2n) is 4.65. The van der Waals surface area contributed by atoms with Gasteiger partial charge in [0, 0.05) is 16.7 Å². The summed E-state index contributed by atoms with van der Waals surface area (Å²) < 4.78 is 3.05. The highest BCUT2D eigenvalue weighted by atomic mass is 79.9. The summed E-state index contributed by atoms with van der Waals surface area (Å²) in [5.74, 6) is 0.644. The normalized spacial score (nSPS) is 11.1. The molecule has 3 N–H and O–H groups in total. The average Bonchev–Trinajstić information content (AvgIpc) is 2.76. The van der Waals surface area contributed by atoms with E-state index < -0.39 is 0 Å². The van der Waals surface area contributed by atoms with E-state index in [4.69, 9.17) is 5.73 Å². The van der Waals surface area contributed by atoms with Crippen LogP contribution in [0.15, 0.2) is 46.9 Å². The number of fused-ring (bicyclic) bond motifs is 1. The fourth-order valence-electron chi connectivity index (χ4n) is 2.31. The Morgan fingerprint density at radius 3 is 2.80 bits per heavy atom. The molecule has 0 bridgehead atoms. The molecule has 0 amide bonds. The molecule has 0 spiro atoms. The van der Waals surface area contributed by atoms with Gasteiger partial charge in [0.2, 0.25) is 0 Å². The number of aliphatic hydroxyl groups excluding tert-OH is 1. The van der Waals surface area contributed by atoms with Crippen molar-refractivity contribution in [1.29, 1.82) is 0 Å². The summed E-state index contributed by atoms with van der Waals surface area (Å²) in [6, 6.07) is 13.7. The molecule has 3 aromatic rings. The van der Waals surface area contributed by atoms with E-state index in [0.29, 0.717) is 18.1 Å². The molecule has 0 atom stereocenters. The summed E-state index contributed by atoms with van der Waals surface area (Å²) in [6.07, 6.45) is 0. The van der Waals surface area contributed by atoms with Gasteiger partial charge >= 0.3 is 0 Å². The van der Waals surface area contributed by atoms with Gasteiger partial charge in [0.15, 0.2) is 0 Å². The number of halogens is 1. The molecule has 0 unspecified atom stereocenters. The van der Waals surface area contributed by atoms with Crippen molar-refractivity contribution in [1.82, 2.24) is 9.55 Å². The molecule has 2 aromatic carbocycles. The lowest BCUT2D eigenvalue weighted by atomic mass is 10.2. The van der Waals surface area contributed by atoms with Gasteiger partial charge in [0.05, 0.1) is 11.0 Å². The van der Waals surface area contributed by atoms with Gasteiger partial charge in [-0.1, -0.05) is 28.1 Å². The van der Waals surface area contributed by atoms with Gasteiger partial charge in [-0.2, -0.15) is 0 Å². The molecule has 0 aliphatic rings. The number of rotatable bonds is 3. The smallest absolute Gasteiger partial charge is 0.136 e. The van der Waals surface area contributed by atoms with E-state index in [9.17, 15) is 5.11 Å². The van der Waals surface area contributed by atoms with E-state index in [1.807, 2.05) is 34.9 Å². The lowest BCUT2D eigenvalue weighted by Crippen LogP contribution is -2.05. The van der Waals surface area contributed by atoms with Gasteiger partial charge < -0.3 is 15.4 Å². The molecule has 3 rings (SSSR count). The van der Waals surface area contributed by atoms with E-state index in [1.54, 1.807) is 0 Å². The number of hydrogen-bond donors (Lipinski definition) is 2. The highest BCUT2D eigenvalue weighted by Gasteiger charge is 2.10. The zero-order valence-corrected chi connectivity index (χ0v) is 12.3. The van der Waals surface area contributed by atoms with Crippen LogP contribution < -0.4 is 5.73 Å². The predicted molar refractivity (Wildman–Crippen MR) is 83.3 cm³/mol. The molecular formula is C15H14BrN3O. The van der Waals surface area contributed by atoms with Crippen LogP contribution in [0.2, 0.25) is 0 Å². The third kappa shape index (κ3) is 2.42. The monoisotopic (exact) mass is 331 g/mol. The van der Waals surface area contributed by atoms with Crippen LogP contribution in [0.4, 0.5) is 5.69 Å². The van der Waals surface area contributed by atoms with E-state index in [0.717, 1.165) is 21.1 Å². The zero-order chi connectivity index (χ0) is 14.1. The Bertz CT molecular complexity index is 767. The molecule has 0 radical (unpaired) electrons. The van der Waals surface area contributed by atoms with Crippen molar-refractivity contribution in [3.8, 4) is 0 Å². The van der Waals surface area contributed by atoms with Gasteiger partial charge in [-0.25, -0.2) is 4.98 Å². The van der Waals surface area contributed by atoms with Crippen molar-refractivity contribution in [3.63, 3.8) is 0 Å². The first kappa shape index (κ1) is 13.1. The quantitative estimate of drug-likeness (QED) is 0.725. The summed E-state index contributed by atoms with van der Waals surface area (Å²) in [5.41, 5.74) is 9.38. The lowest BCUT2D eigenvalue weighted by molar-refractivity contribution is 0.267. The summed E-state index contributed by atoms with van der Waals surface area (Å²) in [7, 11) is 0. The first-order valence-corrected chi connectivity index (χ1v) is 7.06. The Hall–Kier alpha value is -1.85. The fourth-order valence-corrected chi connectivity index (χ4v) is 2.76. The average molecular weight is 332 g/mol. The minimum Gasteiger partial charge on any atom is -0.399 e. The maximum Gasteiger partial charge on any atom is 0.136 e. The van der Waals surface area contributed by atoms with Gasteiger partial charge in [-0.3, -0.25) is 0 Å². The molecule has 4 nitrogen and oxygen atoms in total. The van der Waals surface area contributed by atoms with E-state index in [-0.39, 0.29) is 6.61 Å². The Morgan fingerprint density at radius 1 is 1.20 bits per heavy atom. The van der Waals surface area contributed by atoms with Crippen molar-refractivity contribution in [2.24, 2.45) is 0 Å². The largest absolute Gasteiger partial charge is 0.399 e. The van der Waals surface area contributed by atoms with Crippen molar-refractivity contribution >= 4 is 32.7 Å². The van der Waals surface area contributed by atoms with E-state index >= 15 is 0 Å². The van der Waals surface area contributed by atoms with Crippen LogP contribution in [0, 0.1) is 0 Å². The summed E-state index contributed by atoms with van der Waals surface area (Å²) in [5, 5.41) is 9.50. The summed E-state index contributed by atoms with van der Waals surface area (Å²) in [4.78, 5) is 4.43. The van der Waals surface area contributed by atoms with Gasteiger partial charge in [-0.05, 0) is 35.9 Å². The minimum atomic E-state index is -0.0947. The highest BCUT2D eigenvalue weighted by molar-refractivity contribution is 9.10. The molecule has 20 heavy (non-hydrogen) atoms. The highest BCUT2D eigenvalue weighted by Crippen LogP contribution is 2.21. The Kier molecular flexibility index (Phi) is 3.46. The molecule has 102 valence electrons. The van der Waals surface area contributed by atoms with Crippen molar-refractivity contribution in [2.45, 2.75) is 13.2 Å². The first-order chi connectivity index (χ1) is 9.67. The van der Waals surface area contributed by atoms with Gasteiger partial charge in [-0.15, -0.1) is 0 Å². The molecule has 1 heterocycles. The van der Waals surface area contributed by atoms with E-state index in [1.165, 1.54) is 0 Å². The van der Waals surface area contributed by atoms with Crippen LogP contribution >= 0.6 is 15.9 Å². The van der Waals surface area contributed by atoms with Crippen molar-refractivity contribution in [3.05, 3.63) is 58.3 Å². The number of anilines is 1. The minimum absolute atomic E-state index is 0.0947. The first-order valence-electron chi connectivity index (χ1n) is 6.27. The van der Waals surface area contributed by atoms with Crippen LogP contribution in [-0.2, 0) is 13.2 Å². The number of aliphatic hydroxyl groups is 1. The maximum atomic E-state index is 9.50. The number of nitrogens with zero attached hydrogens (tertiary/aromatic N) is 2. The van der Waals surface area contributed by atoms with Crippen LogP contribution in [0.1, 0.15) is 11.4 Å². The van der Waals surface area contributed by atoms with Crippen molar-refractivity contribution < 1.29 is 5.11 Å². The molecular weight excluding hydrogens is 318 g/mol. The van der Waals surface area contributed by atoms with E-state index in [2.05, 4.69) is 33.0 Å². The molecule has 5 heteroatoms. The lowest BCUT2D eigenvalue weighted by Gasteiger charge is -2.08. The Balaban J connectivity index is 2.10. The van der Waals surface area contributed by atoms with Gasteiger partial charge in [0.25, 0.3) is 0 Å². The van der Waals surface area contributed by atoms with Gasteiger partial charge in [0.1, 0.15) is 12.4 Å². The number of nitrogen functional groups attached to an aromatic ring is 1. The number of benzene rings is 2. The molecule has 0 aliphatic heterocycles. The van der Waals surface area contributed by atoms with Crippen molar-refractivity contribution in [2.75, 3.05) is 5.73 Å². The van der Waals surface area contributed by atoms with Crippen LogP contribution in [0.5, 0.6) is 0 Å².